The zero-order valence-electron chi connectivity index (χ0n) is 23.6. The number of allylic oxidation sites excluding steroid dienone is 2. The molecule has 3 fully saturated rings. The Morgan fingerprint density at radius 1 is 1.13 bits per heavy atom. The van der Waals surface area contributed by atoms with E-state index in [-0.39, 0.29) is 41.3 Å². The highest BCUT2D eigenvalue weighted by molar-refractivity contribution is 5.93. The summed E-state index contributed by atoms with van der Waals surface area (Å²) in [7, 11) is 1.59. The molecule has 6 rings (SSSR count). The van der Waals surface area contributed by atoms with E-state index in [1.807, 2.05) is 0 Å². The van der Waals surface area contributed by atoms with E-state index in [1.165, 1.54) is 19.3 Å². The molecule has 208 valence electrons. The second-order valence-corrected chi connectivity index (χ2v) is 13.0. The van der Waals surface area contributed by atoms with Crippen LogP contribution in [-0.2, 0) is 19.0 Å². The van der Waals surface area contributed by atoms with Crippen LogP contribution in [0.4, 0.5) is 0 Å². The molecule has 1 saturated carbocycles. The summed E-state index contributed by atoms with van der Waals surface area (Å²) >= 11 is 0. The lowest BCUT2D eigenvalue weighted by atomic mass is 9.72. The van der Waals surface area contributed by atoms with Crippen LogP contribution in [0, 0.1) is 29.1 Å². The predicted octanol–water partition coefficient (Wildman–Crippen LogP) is 5.99. The number of carbonyl (C=O) groups excluding carboxylic acids is 1. The second kappa shape index (κ2) is 10.2. The molecule has 0 aromatic carbocycles. The summed E-state index contributed by atoms with van der Waals surface area (Å²) in [6, 6.07) is 0.451. The standard InChI is InChI=1S/C32H45NO5/c1-19-10-8-11-22(16-19)27(34)24-13-9-12-23-26-20(2)29(30-28(36-4)21(3)31(35)38-30)37-25(26)17-32(18-33(23)24)14-6-5-7-15-32/h8,11,17,19-20,22-24,26-27,34H,5-7,9-10,12-16,18H2,1-4H3/b30-29+/t19-,20-,22+,23-,24-,26+,27-/m0/s1. The van der Waals surface area contributed by atoms with Crippen LogP contribution in [0.1, 0.15) is 85.0 Å². The van der Waals surface area contributed by atoms with Crippen LogP contribution in [0.15, 0.2) is 46.8 Å². The number of hydrogen-bond donors (Lipinski definition) is 1. The monoisotopic (exact) mass is 523 g/mol. The molecular weight excluding hydrogens is 478 g/mol. The fourth-order valence-corrected chi connectivity index (χ4v) is 8.52. The number of methoxy groups -OCH3 is 1. The van der Waals surface area contributed by atoms with Gasteiger partial charge >= 0.3 is 5.97 Å². The average molecular weight is 524 g/mol. The summed E-state index contributed by atoms with van der Waals surface area (Å²) in [5.41, 5.74) is 0.557. The van der Waals surface area contributed by atoms with Gasteiger partial charge in [0.25, 0.3) is 0 Å². The van der Waals surface area contributed by atoms with Crippen molar-refractivity contribution in [1.29, 1.82) is 0 Å². The summed E-state index contributed by atoms with van der Waals surface area (Å²) in [5, 5.41) is 11.9. The van der Waals surface area contributed by atoms with Crippen molar-refractivity contribution in [2.75, 3.05) is 13.7 Å². The van der Waals surface area contributed by atoms with Gasteiger partial charge in [-0.25, -0.2) is 4.79 Å². The second-order valence-electron chi connectivity index (χ2n) is 13.0. The highest BCUT2D eigenvalue weighted by Crippen LogP contribution is 2.54. The molecule has 0 amide bonds. The summed E-state index contributed by atoms with van der Waals surface area (Å²) < 4.78 is 18.1. The van der Waals surface area contributed by atoms with Gasteiger partial charge in [0, 0.05) is 41.8 Å². The Bertz CT molecular complexity index is 1080. The van der Waals surface area contributed by atoms with E-state index >= 15 is 0 Å². The van der Waals surface area contributed by atoms with Gasteiger partial charge in [0.1, 0.15) is 5.76 Å². The van der Waals surface area contributed by atoms with Gasteiger partial charge in [0.05, 0.1) is 18.8 Å². The van der Waals surface area contributed by atoms with Crippen molar-refractivity contribution in [3.8, 4) is 0 Å². The number of ether oxygens (including phenoxy) is 3. The van der Waals surface area contributed by atoms with E-state index in [0.29, 0.717) is 29.1 Å². The van der Waals surface area contributed by atoms with Crippen LogP contribution in [0.3, 0.4) is 0 Å². The number of carbonyl (C=O) groups is 1. The molecular formula is C32H45NO5. The molecule has 4 heterocycles. The van der Waals surface area contributed by atoms with Gasteiger partial charge in [-0.2, -0.15) is 0 Å². The summed E-state index contributed by atoms with van der Waals surface area (Å²) in [5.74, 6) is 3.44. The van der Waals surface area contributed by atoms with Crippen molar-refractivity contribution >= 4 is 5.97 Å². The summed E-state index contributed by atoms with van der Waals surface area (Å²) in [4.78, 5) is 15.2. The average Bonchev–Trinajstić information content (AvgIpc) is 3.33. The normalized spacial score (nSPS) is 39.7. The van der Waals surface area contributed by atoms with Gasteiger partial charge in [0.2, 0.25) is 5.76 Å². The Hall–Kier alpha value is -2.05. The summed E-state index contributed by atoms with van der Waals surface area (Å²) in [6.45, 7) is 7.27. The minimum atomic E-state index is -0.359. The van der Waals surface area contributed by atoms with E-state index in [9.17, 15) is 9.90 Å². The van der Waals surface area contributed by atoms with Gasteiger partial charge in [-0.15, -0.1) is 0 Å². The fraction of sp³-hybridized carbons (Fsp3) is 0.719. The molecule has 0 bridgehead atoms. The molecule has 2 saturated heterocycles. The molecule has 1 spiro atoms. The Morgan fingerprint density at radius 2 is 1.92 bits per heavy atom. The van der Waals surface area contributed by atoms with Crippen molar-refractivity contribution in [2.45, 2.75) is 103 Å². The van der Waals surface area contributed by atoms with Crippen molar-refractivity contribution in [3.63, 3.8) is 0 Å². The predicted molar refractivity (Wildman–Crippen MR) is 145 cm³/mol. The molecule has 6 heteroatoms. The van der Waals surface area contributed by atoms with Crippen LogP contribution < -0.4 is 0 Å². The maximum absolute atomic E-state index is 12.4. The van der Waals surface area contributed by atoms with E-state index < -0.39 is 0 Å². The largest absolute Gasteiger partial charge is 0.492 e. The molecule has 6 aliphatic rings. The first kappa shape index (κ1) is 26.2. The topological polar surface area (TPSA) is 68.2 Å². The van der Waals surface area contributed by atoms with Gasteiger partial charge in [-0.1, -0.05) is 51.7 Å². The van der Waals surface area contributed by atoms with Crippen molar-refractivity contribution in [1.82, 2.24) is 4.90 Å². The highest BCUT2D eigenvalue weighted by Gasteiger charge is 2.53. The lowest BCUT2D eigenvalue weighted by Gasteiger charge is -2.50. The van der Waals surface area contributed by atoms with E-state index in [0.717, 1.165) is 63.0 Å². The lowest BCUT2D eigenvalue weighted by Crippen LogP contribution is -2.58. The van der Waals surface area contributed by atoms with Crippen LogP contribution >= 0.6 is 0 Å². The number of aliphatic hydroxyl groups excluding tert-OH is 1. The first-order valence-electron chi connectivity index (χ1n) is 15.0. The fourth-order valence-electron chi connectivity index (χ4n) is 8.52. The Balaban J connectivity index is 1.40. The first-order valence-corrected chi connectivity index (χ1v) is 15.0. The van der Waals surface area contributed by atoms with Crippen molar-refractivity contribution < 1.29 is 24.1 Å². The van der Waals surface area contributed by atoms with Gasteiger partial charge in [0.15, 0.2) is 11.5 Å². The van der Waals surface area contributed by atoms with Crippen LogP contribution in [0.2, 0.25) is 0 Å². The molecule has 0 unspecified atom stereocenters. The number of rotatable bonds is 3. The lowest BCUT2D eigenvalue weighted by molar-refractivity contribution is -0.133. The minimum absolute atomic E-state index is 0.0526. The summed E-state index contributed by atoms with van der Waals surface area (Å²) in [6.07, 6.45) is 18.2. The molecule has 38 heavy (non-hydrogen) atoms. The SMILES string of the molecule is COC1=C(C)C(=O)O/C1=C1/OC2=CC3(CCCCC3)CN3[C@H]([C@@H](O)[C@@H]4C=CC[C@H](C)C4)CCC[C@H]3[C@H]2[C@@H]1C. The number of cyclic esters (lactones) is 1. The number of fused-ring (bicyclic) bond motifs is 3. The quantitative estimate of drug-likeness (QED) is 0.362. The van der Waals surface area contributed by atoms with Crippen LogP contribution in [0.5, 0.6) is 0 Å². The van der Waals surface area contributed by atoms with Crippen LogP contribution in [0.25, 0.3) is 0 Å². The van der Waals surface area contributed by atoms with E-state index in [1.54, 1.807) is 14.0 Å². The third kappa shape index (κ3) is 4.36. The molecule has 7 atom stereocenters. The smallest absolute Gasteiger partial charge is 0.343 e. The third-order valence-electron chi connectivity index (χ3n) is 10.5. The molecule has 4 aliphatic heterocycles. The molecule has 0 aromatic rings. The molecule has 0 radical (unpaired) electrons. The molecule has 1 N–H and O–H groups in total. The van der Waals surface area contributed by atoms with Gasteiger partial charge in [-0.05, 0) is 57.4 Å². The Morgan fingerprint density at radius 3 is 2.66 bits per heavy atom. The number of nitrogens with zero attached hydrogens (tertiary/aromatic N) is 1. The third-order valence-corrected chi connectivity index (χ3v) is 10.5. The first-order chi connectivity index (χ1) is 18.3. The van der Waals surface area contributed by atoms with E-state index in [4.69, 9.17) is 14.2 Å². The molecule has 0 aromatic heterocycles. The maximum atomic E-state index is 12.4. The van der Waals surface area contributed by atoms with E-state index in [2.05, 4.69) is 37.0 Å². The zero-order chi connectivity index (χ0) is 26.6. The van der Waals surface area contributed by atoms with Crippen LogP contribution in [-0.4, -0.2) is 47.8 Å². The number of piperidine rings is 1. The number of aliphatic hydroxyl groups is 1. The van der Waals surface area contributed by atoms with Crippen molar-refractivity contribution in [2.24, 2.45) is 29.1 Å². The van der Waals surface area contributed by atoms with Gasteiger partial charge < -0.3 is 19.3 Å². The zero-order valence-corrected chi connectivity index (χ0v) is 23.6. The Labute approximate surface area is 227 Å². The molecule has 2 aliphatic carbocycles. The number of esters is 1. The molecule has 6 nitrogen and oxygen atoms in total. The van der Waals surface area contributed by atoms with Gasteiger partial charge in [-0.3, -0.25) is 4.90 Å². The maximum Gasteiger partial charge on any atom is 0.343 e. The highest BCUT2D eigenvalue weighted by atomic mass is 16.6. The number of hydrogen-bond acceptors (Lipinski definition) is 6. The Kier molecular flexibility index (Phi) is 7.01. The van der Waals surface area contributed by atoms with Crippen molar-refractivity contribution in [3.05, 3.63) is 46.8 Å². The minimum Gasteiger partial charge on any atom is -0.492 e.